The Morgan fingerprint density at radius 3 is 2.74 bits per heavy atom. The molecule has 4 rings (SSSR count). The fraction of sp³-hybridized carbons (Fsp3) is 0.273. The molecule has 1 aliphatic rings. The zero-order valence-electron chi connectivity index (χ0n) is 15.7. The molecular formula is C22H22N2OS2. The Morgan fingerprint density at radius 2 is 2.00 bits per heavy atom. The number of thioether (sulfide) groups is 1. The summed E-state index contributed by atoms with van der Waals surface area (Å²) in [5, 5.41) is 1.55. The fourth-order valence-electron chi connectivity index (χ4n) is 3.50. The molecule has 0 radical (unpaired) electrons. The molecule has 2 heterocycles. The van der Waals surface area contributed by atoms with E-state index in [1.165, 1.54) is 16.0 Å². The number of allylic oxidation sites excluding steroid dienone is 1. The molecule has 0 spiro atoms. The first-order valence-corrected chi connectivity index (χ1v) is 10.8. The molecule has 0 fully saturated rings. The van der Waals surface area contributed by atoms with Gasteiger partial charge in [0.15, 0.2) is 5.16 Å². The number of nitrogens with zero attached hydrogens (tertiary/aromatic N) is 2. The van der Waals surface area contributed by atoms with Crippen LogP contribution in [0.4, 0.5) is 0 Å². The van der Waals surface area contributed by atoms with Gasteiger partial charge < -0.3 is 0 Å². The van der Waals surface area contributed by atoms with Crippen LogP contribution in [0.25, 0.3) is 20.7 Å². The maximum Gasteiger partial charge on any atom is 0.263 e. The molecule has 0 aliphatic heterocycles. The lowest BCUT2D eigenvalue weighted by Crippen LogP contribution is -2.24. The number of aromatic nitrogens is 2. The summed E-state index contributed by atoms with van der Waals surface area (Å²) in [6, 6.07) is 8.50. The number of aryl methyl sites for hydroxylation is 2. The van der Waals surface area contributed by atoms with E-state index < -0.39 is 0 Å². The predicted octanol–water partition coefficient (Wildman–Crippen LogP) is 5.47. The molecule has 27 heavy (non-hydrogen) atoms. The Bertz CT molecular complexity index is 1140. The quantitative estimate of drug-likeness (QED) is 0.327. The van der Waals surface area contributed by atoms with Crippen molar-refractivity contribution in [3.63, 3.8) is 0 Å². The van der Waals surface area contributed by atoms with Gasteiger partial charge in [0, 0.05) is 17.2 Å². The van der Waals surface area contributed by atoms with Crippen molar-refractivity contribution >= 4 is 33.3 Å². The number of hydrogen-bond donors (Lipinski definition) is 0. The highest BCUT2D eigenvalue weighted by molar-refractivity contribution is 7.99. The lowest BCUT2D eigenvalue weighted by molar-refractivity contribution is 0.652. The van der Waals surface area contributed by atoms with Crippen LogP contribution in [0.1, 0.15) is 25.0 Å². The molecule has 0 unspecified atom stereocenters. The molecule has 0 saturated heterocycles. The van der Waals surface area contributed by atoms with Crippen LogP contribution in [-0.4, -0.2) is 15.3 Å². The topological polar surface area (TPSA) is 34.9 Å². The first-order valence-electron chi connectivity index (χ1n) is 9.01. The lowest BCUT2D eigenvalue weighted by atomic mass is 9.90. The van der Waals surface area contributed by atoms with Gasteiger partial charge >= 0.3 is 0 Å². The van der Waals surface area contributed by atoms with Gasteiger partial charge in [0.05, 0.1) is 5.39 Å². The standard InChI is InChI=1S/C22H22N2OS2/c1-13(2)11-24-21(25)18-17-10-9-15-7-5-6-8-16(15)19(17)27-20(18)23-22(24)26-12-14(3)4/h5-8H,1,3,9-12H2,2,4H3. The predicted molar refractivity (Wildman–Crippen MR) is 117 cm³/mol. The van der Waals surface area contributed by atoms with E-state index >= 15 is 0 Å². The second-order valence-corrected chi connectivity index (χ2v) is 9.18. The Labute approximate surface area is 167 Å². The number of hydrogen-bond acceptors (Lipinski definition) is 4. The highest BCUT2D eigenvalue weighted by atomic mass is 32.2. The third kappa shape index (κ3) is 3.30. The molecule has 0 saturated carbocycles. The Hall–Kier alpha value is -2.11. The Balaban J connectivity index is 1.95. The first-order chi connectivity index (χ1) is 13.0. The third-order valence-corrected chi connectivity index (χ3v) is 7.02. The van der Waals surface area contributed by atoms with Crippen LogP contribution in [0.15, 0.2) is 58.5 Å². The molecule has 138 valence electrons. The summed E-state index contributed by atoms with van der Waals surface area (Å²) in [5.74, 6) is 0.752. The van der Waals surface area contributed by atoms with Gasteiger partial charge in [-0.15, -0.1) is 11.3 Å². The molecule has 0 atom stereocenters. The summed E-state index contributed by atoms with van der Waals surface area (Å²) in [6.45, 7) is 12.4. The minimum absolute atomic E-state index is 0.0593. The molecule has 5 heteroatoms. The van der Waals surface area contributed by atoms with Crippen LogP contribution in [-0.2, 0) is 19.4 Å². The van der Waals surface area contributed by atoms with Gasteiger partial charge in [-0.1, -0.05) is 60.3 Å². The summed E-state index contributed by atoms with van der Waals surface area (Å²) in [4.78, 5) is 20.4. The monoisotopic (exact) mass is 394 g/mol. The smallest absolute Gasteiger partial charge is 0.263 e. The van der Waals surface area contributed by atoms with E-state index in [1.807, 2.05) is 13.8 Å². The first kappa shape index (κ1) is 18.3. The van der Waals surface area contributed by atoms with Crippen molar-refractivity contribution in [3.05, 3.63) is 70.1 Å². The highest BCUT2D eigenvalue weighted by Crippen LogP contribution is 2.42. The average Bonchev–Trinajstić information content (AvgIpc) is 3.01. The highest BCUT2D eigenvalue weighted by Gasteiger charge is 2.25. The van der Waals surface area contributed by atoms with E-state index in [0.29, 0.717) is 6.54 Å². The van der Waals surface area contributed by atoms with Crippen LogP contribution in [0.2, 0.25) is 0 Å². The average molecular weight is 395 g/mol. The van der Waals surface area contributed by atoms with Gasteiger partial charge in [0.25, 0.3) is 5.56 Å². The van der Waals surface area contributed by atoms with Crippen molar-refractivity contribution in [3.8, 4) is 10.4 Å². The minimum Gasteiger partial charge on any atom is -0.283 e. The maximum atomic E-state index is 13.4. The van der Waals surface area contributed by atoms with Crippen molar-refractivity contribution in [1.29, 1.82) is 0 Å². The SMILES string of the molecule is C=C(C)CSc1nc2sc3c(c2c(=O)n1CC(=C)C)CCc1ccccc1-3. The Kier molecular flexibility index (Phi) is 4.82. The van der Waals surface area contributed by atoms with Crippen LogP contribution >= 0.6 is 23.1 Å². The van der Waals surface area contributed by atoms with E-state index in [1.54, 1.807) is 27.7 Å². The van der Waals surface area contributed by atoms with Crippen LogP contribution in [0, 0.1) is 0 Å². The van der Waals surface area contributed by atoms with Crippen LogP contribution < -0.4 is 5.56 Å². The van der Waals surface area contributed by atoms with Crippen LogP contribution in [0.3, 0.4) is 0 Å². The number of fused-ring (bicyclic) bond motifs is 5. The van der Waals surface area contributed by atoms with Crippen molar-refractivity contribution in [1.82, 2.24) is 9.55 Å². The molecule has 1 aliphatic carbocycles. The zero-order chi connectivity index (χ0) is 19.1. The van der Waals surface area contributed by atoms with Gasteiger partial charge in [0.1, 0.15) is 4.83 Å². The fourth-order valence-corrected chi connectivity index (χ4v) is 5.67. The number of benzene rings is 1. The van der Waals surface area contributed by atoms with Crippen molar-refractivity contribution in [2.45, 2.75) is 38.4 Å². The largest absolute Gasteiger partial charge is 0.283 e. The summed E-state index contributed by atoms with van der Waals surface area (Å²) >= 11 is 3.23. The van der Waals surface area contributed by atoms with Crippen molar-refractivity contribution in [2.24, 2.45) is 0 Å². The van der Waals surface area contributed by atoms with Crippen molar-refractivity contribution in [2.75, 3.05) is 5.75 Å². The summed E-state index contributed by atoms with van der Waals surface area (Å²) < 4.78 is 1.78. The second-order valence-electron chi connectivity index (χ2n) is 7.24. The Morgan fingerprint density at radius 1 is 1.22 bits per heavy atom. The maximum absolute atomic E-state index is 13.4. The second kappa shape index (κ2) is 7.13. The molecule has 3 nitrogen and oxygen atoms in total. The molecule has 2 aromatic heterocycles. The summed E-state index contributed by atoms with van der Waals surface area (Å²) in [6.07, 6.45) is 1.87. The van der Waals surface area contributed by atoms with E-state index in [4.69, 9.17) is 4.98 Å². The van der Waals surface area contributed by atoms with Gasteiger partial charge in [0.2, 0.25) is 0 Å². The molecule has 0 amide bonds. The van der Waals surface area contributed by atoms with Gasteiger partial charge in [-0.2, -0.15) is 0 Å². The summed E-state index contributed by atoms with van der Waals surface area (Å²) in [5.41, 5.74) is 5.85. The molecule has 0 N–H and O–H groups in total. The van der Waals surface area contributed by atoms with Crippen LogP contribution in [0.5, 0.6) is 0 Å². The van der Waals surface area contributed by atoms with E-state index in [2.05, 4.69) is 37.4 Å². The third-order valence-electron chi connectivity index (χ3n) is 4.66. The molecule has 1 aromatic carbocycles. The zero-order valence-corrected chi connectivity index (χ0v) is 17.3. The van der Waals surface area contributed by atoms with Gasteiger partial charge in [-0.3, -0.25) is 9.36 Å². The number of thiophene rings is 1. The molecule has 0 bridgehead atoms. The van der Waals surface area contributed by atoms with Gasteiger partial charge in [-0.05, 0) is 43.4 Å². The summed E-state index contributed by atoms with van der Waals surface area (Å²) in [7, 11) is 0. The van der Waals surface area contributed by atoms with E-state index in [9.17, 15) is 4.79 Å². The lowest BCUT2D eigenvalue weighted by Gasteiger charge is -2.16. The normalized spacial score (nSPS) is 12.7. The van der Waals surface area contributed by atoms with E-state index in [-0.39, 0.29) is 5.56 Å². The van der Waals surface area contributed by atoms with Crippen molar-refractivity contribution < 1.29 is 0 Å². The molecule has 3 aromatic rings. The number of rotatable bonds is 5. The van der Waals surface area contributed by atoms with Gasteiger partial charge in [-0.25, -0.2) is 4.98 Å². The minimum atomic E-state index is 0.0593. The molecular weight excluding hydrogens is 372 g/mol. The van der Waals surface area contributed by atoms with E-state index in [0.717, 1.165) is 50.7 Å².